The summed E-state index contributed by atoms with van der Waals surface area (Å²) in [7, 11) is -3.72. The van der Waals surface area contributed by atoms with Gasteiger partial charge in [0.25, 0.3) is 10.0 Å². The number of carbonyl (C=O) groups is 1. The molecule has 2 aromatic carbocycles. The number of amides is 1. The zero-order chi connectivity index (χ0) is 19.6. The van der Waals surface area contributed by atoms with Crippen molar-refractivity contribution < 1.29 is 17.9 Å². The van der Waals surface area contributed by atoms with Crippen LogP contribution < -0.4 is 14.8 Å². The monoisotopic (exact) mass is 415 g/mol. The second-order valence-electron chi connectivity index (χ2n) is 6.28. The molecule has 9 heteroatoms. The summed E-state index contributed by atoms with van der Waals surface area (Å²) in [6, 6.07) is 13.7. The molecule has 28 heavy (non-hydrogen) atoms. The Hall–Kier alpha value is -2.91. The van der Waals surface area contributed by atoms with E-state index in [0.29, 0.717) is 23.8 Å². The van der Waals surface area contributed by atoms with Crippen molar-refractivity contribution in [2.75, 3.05) is 16.6 Å². The molecule has 0 aliphatic carbocycles. The predicted molar refractivity (Wildman–Crippen MR) is 107 cm³/mol. The Balaban J connectivity index is 1.41. The second-order valence-corrected chi connectivity index (χ2v) is 8.85. The number of para-hydroxylation sites is 1. The van der Waals surface area contributed by atoms with Crippen LogP contribution in [0.5, 0.6) is 5.75 Å². The molecule has 2 heterocycles. The molecule has 0 unspecified atom stereocenters. The molecule has 1 aliphatic heterocycles. The van der Waals surface area contributed by atoms with E-state index in [1.54, 1.807) is 17.5 Å². The largest absolute Gasteiger partial charge is 0.492 e. The molecule has 0 saturated carbocycles. The predicted octanol–water partition coefficient (Wildman–Crippen LogP) is 3.13. The lowest BCUT2D eigenvalue weighted by atomic mass is 9.96. The van der Waals surface area contributed by atoms with E-state index >= 15 is 0 Å². The fraction of sp³-hybridized carbons (Fsp3) is 0.158. The molecule has 1 aliphatic rings. The lowest BCUT2D eigenvalue weighted by Gasteiger charge is -2.24. The summed E-state index contributed by atoms with van der Waals surface area (Å²) in [4.78, 5) is 16.5. The van der Waals surface area contributed by atoms with Crippen LogP contribution in [0.4, 0.5) is 10.8 Å². The van der Waals surface area contributed by atoms with E-state index in [-0.39, 0.29) is 16.7 Å². The zero-order valence-corrected chi connectivity index (χ0v) is 16.3. The summed E-state index contributed by atoms with van der Waals surface area (Å²) in [6.45, 7) is 0.313. The molecule has 0 spiro atoms. The smallest absolute Gasteiger partial charge is 0.263 e. The standard InChI is InChI=1S/C19H17N3O4S2/c23-18(14-11-13-3-1-2-4-17(13)26-12-14)21-15-5-7-16(8-6-15)28(24,25)22-19-20-9-10-27-19/h1-10,14H,11-12H2,(H,20,22)(H,21,23)/t14-/m1/s1. The van der Waals surface area contributed by atoms with Crippen molar-refractivity contribution in [3.05, 3.63) is 65.7 Å². The molecule has 0 bridgehead atoms. The van der Waals surface area contributed by atoms with Gasteiger partial charge >= 0.3 is 0 Å². The van der Waals surface area contributed by atoms with Crippen LogP contribution in [-0.2, 0) is 21.2 Å². The summed E-state index contributed by atoms with van der Waals surface area (Å²) in [5, 5.41) is 4.81. The Labute approximate surface area is 166 Å². The van der Waals surface area contributed by atoms with E-state index < -0.39 is 10.0 Å². The highest BCUT2D eigenvalue weighted by Gasteiger charge is 2.26. The third kappa shape index (κ3) is 4.00. The van der Waals surface area contributed by atoms with E-state index in [9.17, 15) is 13.2 Å². The van der Waals surface area contributed by atoms with Crippen molar-refractivity contribution in [2.45, 2.75) is 11.3 Å². The van der Waals surface area contributed by atoms with Crippen molar-refractivity contribution in [1.82, 2.24) is 4.98 Å². The minimum atomic E-state index is -3.72. The number of hydrogen-bond donors (Lipinski definition) is 2. The number of carbonyl (C=O) groups excluding carboxylic acids is 1. The van der Waals surface area contributed by atoms with E-state index in [1.807, 2.05) is 24.3 Å². The highest BCUT2D eigenvalue weighted by atomic mass is 32.2. The van der Waals surface area contributed by atoms with Gasteiger partial charge in [-0.3, -0.25) is 9.52 Å². The number of nitrogens with one attached hydrogen (secondary N) is 2. The third-order valence-corrected chi connectivity index (χ3v) is 6.51. The van der Waals surface area contributed by atoms with Crippen molar-refractivity contribution in [3.63, 3.8) is 0 Å². The Kier molecular flexibility index (Phi) is 5.01. The number of nitrogens with zero attached hydrogens (tertiary/aromatic N) is 1. The minimum Gasteiger partial charge on any atom is -0.492 e. The average Bonchev–Trinajstić information content (AvgIpc) is 3.20. The van der Waals surface area contributed by atoms with Crippen molar-refractivity contribution in [1.29, 1.82) is 0 Å². The van der Waals surface area contributed by atoms with E-state index in [2.05, 4.69) is 15.0 Å². The first-order valence-electron chi connectivity index (χ1n) is 8.55. The number of rotatable bonds is 5. The van der Waals surface area contributed by atoms with Crippen LogP contribution in [0.1, 0.15) is 5.56 Å². The fourth-order valence-electron chi connectivity index (χ4n) is 2.91. The Morgan fingerprint density at radius 1 is 1.14 bits per heavy atom. The molecular formula is C19H17N3O4S2. The van der Waals surface area contributed by atoms with Gasteiger partial charge in [0, 0.05) is 17.3 Å². The van der Waals surface area contributed by atoms with Gasteiger partial charge in [-0.1, -0.05) is 18.2 Å². The molecule has 1 amide bonds. The summed E-state index contributed by atoms with van der Waals surface area (Å²) in [6.07, 6.45) is 2.13. The van der Waals surface area contributed by atoms with E-state index in [0.717, 1.165) is 11.3 Å². The summed E-state index contributed by atoms with van der Waals surface area (Å²) in [5.74, 6) is 0.352. The molecule has 1 atom stereocenters. The lowest BCUT2D eigenvalue weighted by molar-refractivity contribution is -0.121. The van der Waals surface area contributed by atoms with Gasteiger partial charge in [0.2, 0.25) is 5.91 Å². The summed E-state index contributed by atoms with van der Waals surface area (Å²) >= 11 is 1.20. The highest BCUT2D eigenvalue weighted by Crippen LogP contribution is 2.27. The second kappa shape index (κ2) is 7.61. The lowest BCUT2D eigenvalue weighted by Crippen LogP contribution is -2.32. The molecule has 2 N–H and O–H groups in total. The number of fused-ring (bicyclic) bond motifs is 1. The van der Waals surface area contributed by atoms with Gasteiger partial charge in [0.1, 0.15) is 12.4 Å². The van der Waals surface area contributed by atoms with Crippen molar-refractivity contribution in [2.24, 2.45) is 5.92 Å². The van der Waals surface area contributed by atoms with Gasteiger partial charge in [0.05, 0.1) is 10.8 Å². The number of hydrogen-bond acceptors (Lipinski definition) is 6. The van der Waals surface area contributed by atoms with Crippen LogP contribution in [0.15, 0.2) is 65.0 Å². The van der Waals surface area contributed by atoms with Crippen molar-refractivity contribution >= 4 is 38.1 Å². The first-order valence-corrected chi connectivity index (χ1v) is 10.9. The van der Waals surface area contributed by atoms with Crippen LogP contribution >= 0.6 is 11.3 Å². The van der Waals surface area contributed by atoms with Gasteiger partial charge in [0.15, 0.2) is 5.13 Å². The minimum absolute atomic E-state index is 0.0932. The van der Waals surface area contributed by atoms with Crippen LogP contribution in [0.2, 0.25) is 0 Å². The maximum absolute atomic E-state index is 12.5. The highest BCUT2D eigenvalue weighted by molar-refractivity contribution is 7.93. The quantitative estimate of drug-likeness (QED) is 0.667. The Bertz CT molecular complexity index is 1080. The normalized spacial score (nSPS) is 15.9. The van der Waals surface area contributed by atoms with Gasteiger partial charge in [-0.2, -0.15) is 0 Å². The topological polar surface area (TPSA) is 97.4 Å². The van der Waals surface area contributed by atoms with Crippen LogP contribution in [0, 0.1) is 5.92 Å². The van der Waals surface area contributed by atoms with Gasteiger partial charge in [-0.15, -0.1) is 11.3 Å². The maximum atomic E-state index is 12.5. The van der Waals surface area contributed by atoms with Crippen molar-refractivity contribution in [3.8, 4) is 5.75 Å². The summed E-state index contributed by atoms with van der Waals surface area (Å²) in [5.41, 5.74) is 1.53. The first kappa shape index (κ1) is 18.5. The Morgan fingerprint density at radius 3 is 2.68 bits per heavy atom. The first-order chi connectivity index (χ1) is 13.5. The molecule has 0 saturated heterocycles. The number of ether oxygens (including phenoxy) is 1. The molecule has 144 valence electrons. The molecular weight excluding hydrogens is 398 g/mol. The number of sulfonamides is 1. The molecule has 7 nitrogen and oxygen atoms in total. The average molecular weight is 415 g/mol. The fourth-order valence-corrected chi connectivity index (χ4v) is 4.69. The number of anilines is 2. The van der Waals surface area contributed by atoms with Gasteiger partial charge < -0.3 is 10.1 Å². The van der Waals surface area contributed by atoms with Crippen LogP contribution in [-0.4, -0.2) is 25.9 Å². The molecule has 4 rings (SSSR count). The third-order valence-electron chi connectivity index (χ3n) is 4.34. The number of aromatic nitrogens is 1. The number of thiazole rings is 1. The maximum Gasteiger partial charge on any atom is 0.263 e. The molecule has 1 aromatic heterocycles. The number of benzene rings is 2. The molecule has 0 radical (unpaired) electrons. The van der Waals surface area contributed by atoms with E-state index in [4.69, 9.17) is 4.74 Å². The van der Waals surface area contributed by atoms with Crippen LogP contribution in [0.3, 0.4) is 0 Å². The zero-order valence-electron chi connectivity index (χ0n) is 14.7. The summed E-state index contributed by atoms with van der Waals surface area (Å²) < 4.78 is 32.8. The van der Waals surface area contributed by atoms with E-state index in [1.165, 1.54) is 29.7 Å². The molecule has 3 aromatic rings. The van der Waals surface area contributed by atoms with Crippen LogP contribution in [0.25, 0.3) is 0 Å². The SMILES string of the molecule is O=C(Nc1ccc(S(=O)(=O)Nc2nccs2)cc1)[C@H]1COc2ccccc2C1. The molecule has 0 fully saturated rings. The van der Waals surface area contributed by atoms with Gasteiger partial charge in [-0.25, -0.2) is 13.4 Å². The Morgan fingerprint density at radius 2 is 1.93 bits per heavy atom. The van der Waals surface area contributed by atoms with Gasteiger partial charge in [-0.05, 0) is 42.3 Å².